The van der Waals surface area contributed by atoms with Crippen molar-refractivity contribution in [2.45, 2.75) is 44.1 Å². The second kappa shape index (κ2) is 9.95. The van der Waals surface area contributed by atoms with Gasteiger partial charge in [-0.1, -0.05) is 31.0 Å². The van der Waals surface area contributed by atoms with Gasteiger partial charge in [-0.2, -0.15) is 0 Å². The highest BCUT2D eigenvalue weighted by Crippen LogP contribution is 2.29. The molecule has 3 rings (SSSR count). The van der Waals surface area contributed by atoms with Crippen LogP contribution in [0.25, 0.3) is 0 Å². The summed E-state index contributed by atoms with van der Waals surface area (Å²) in [5.74, 6) is 0.740. The molecule has 1 saturated carbocycles. The van der Waals surface area contributed by atoms with Gasteiger partial charge in [-0.15, -0.1) is 12.4 Å². The van der Waals surface area contributed by atoms with Gasteiger partial charge in [0, 0.05) is 25.6 Å². The van der Waals surface area contributed by atoms with Crippen molar-refractivity contribution in [3.63, 3.8) is 0 Å². The van der Waals surface area contributed by atoms with Crippen molar-refractivity contribution in [2.24, 2.45) is 11.7 Å². The maximum atomic E-state index is 12.6. The molecule has 2 fully saturated rings. The third-order valence-electron chi connectivity index (χ3n) is 5.66. The van der Waals surface area contributed by atoms with Crippen molar-refractivity contribution in [3.8, 4) is 5.75 Å². The minimum absolute atomic E-state index is 0. The van der Waals surface area contributed by atoms with Gasteiger partial charge in [0.25, 0.3) is 5.91 Å². The van der Waals surface area contributed by atoms with E-state index in [0.29, 0.717) is 38.2 Å². The molecule has 1 aliphatic heterocycles. The lowest BCUT2D eigenvalue weighted by Gasteiger charge is -2.35. The zero-order valence-corrected chi connectivity index (χ0v) is 16.5. The number of hydrogen-bond acceptors (Lipinski definition) is 4. The first kappa shape index (κ1) is 21.5. The number of carbonyl (C=O) groups excluding carboxylic acids is 2. The van der Waals surface area contributed by atoms with Gasteiger partial charge in [-0.25, -0.2) is 0 Å². The SMILES string of the molecule is Cl.NCC1(NC(=O)C2CCN(C(=O)COc3ccccc3)CC2)CCCC1. The molecule has 0 spiro atoms. The minimum atomic E-state index is -0.201. The molecular weight excluding hydrogens is 366 g/mol. The van der Waals surface area contributed by atoms with Crippen molar-refractivity contribution in [2.75, 3.05) is 26.2 Å². The molecule has 7 heteroatoms. The Morgan fingerprint density at radius 2 is 1.78 bits per heavy atom. The summed E-state index contributed by atoms with van der Waals surface area (Å²) >= 11 is 0. The summed E-state index contributed by atoms with van der Waals surface area (Å²) in [6.07, 6.45) is 5.61. The molecule has 2 amide bonds. The van der Waals surface area contributed by atoms with Gasteiger partial charge < -0.3 is 20.7 Å². The first-order chi connectivity index (χ1) is 12.6. The molecule has 1 heterocycles. The lowest BCUT2D eigenvalue weighted by Crippen LogP contribution is -2.54. The van der Waals surface area contributed by atoms with Crippen LogP contribution in [0.1, 0.15) is 38.5 Å². The largest absolute Gasteiger partial charge is 0.484 e. The monoisotopic (exact) mass is 395 g/mol. The Balaban J connectivity index is 0.00000261. The zero-order valence-electron chi connectivity index (χ0n) is 15.7. The molecule has 1 aromatic rings. The molecule has 6 nitrogen and oxygen atoms in total. The van der Waals surface area contributed by atoms with E-state index in [1.807, 2.05) is 30.3 Å². The van der Waals surface area contributed by atoms with Crippen LogP contribution in [0.3, 0.4) is 0 Å². The fourth-order valence-electron chi connectivity index (χ4n) is 3.94. The quantitative estimate of drug-likeness (QED) is 0.772. The zero-order chi connectivity index (χ0) is 18.4. The number of piperidine rings is 1. The van der Waals surface area contributed by atoms with E-state index in [2.05, 4.69) is 5.32 Å². The number of nitrogens with zero attached hydrogens (tertiary/aromatic N) is 1. The van der Waals surface area contributed by atoms with Crippen LogP contribution in [-0.4, -0.2) is 48.5 Å². The summed E-state index contributed by atoms with van der Waals surface area (Å²) in [5, 5.41) is 3.21. The Morgan fingerprint density at radius 1 is 1.15 bits per heavy atom. The standard InChI is InChI=1S/C20H29N3O3.ClH/c21-15-20(10-4-5-11-20)22-19(25)16-8-12-23(13-9-16)18(24)14-26-17-6-2-1-3-7-17;/h1-3,6-7,16H,4-5,8-15,21H2,(H,22,25);1H. The Morgan fingerprint density at radius 3 is 2.37 bits per heavy atom. The van der Waals surface area contributed by atoms with Crippen LogP contribution >= 0.6 is 12.4 Å². The first-order valence-electron chi connectivity index (χ1n) is 9.60. The van der Waals surface area contributed by atoms with Crippen molar-refractivity contribution in [3.05, 3.63) is 30.3 Å². The number of benzene rings is 1. The van der Waals surface area contributed by atoms with Crippen molar-refractivity contribution >= 4 is 24.2 Å². The third kappa shape index (κ3) is 5.59. The molecule has 1 aromatic carbocycles. The molecule has 150 valence electrons. The number of ether oxygens (including phenoxy) is 1. The van der Waals surface area contributed by atoms with Gasteiger partial charge in [0.05, 0.1) is 5.54 Å². The Bertz CT molecular complexity index is 612. The average Bonchev–Trinajstić information content (AvgIpc) is 3.16. The van der Waals surface area contributed by atoms with E-state index in [0.717, 1.165) is 25.7 Å². The number of likely N-dealkylation sites (tertiary alicyclic amines) is 1. The number of hydrogen-bond donors (Lipinski definition) is 2. The Kier molecular flexibility index (Phi) is 7.92. The lowest BCUT2D eigenvalue weighted by molar-refractivity contribution is -0.137. The summed E-state index contributed by atoms with van der Waals surface area (Å²) < 4.78 is 5.53. The van der Waals surface area contributed by atoms with E-state index < -0.39 is 0 Å². The second-order valence-corrected chi connectivity index (χ2v) is 7.44. The summed E-state index contributed by atoms with van der Waals surface area (Å²) in [7, 11) is 0. The van der Waals surface area contributed by atoms with Gasteiger partial charge in [-0.05, 0) is 37.8 Å². The van der Waals surface area contributed by atoms with Crippen LogP contribution in [0, 0.1) is 5.92 Å². The van der Waals surface area contributed by atoms with Gasteiger partial charge in [0.2, 0.25) is 5.91 Å². The van der Waals surface area contributed by atoms with Crippen LogP contribution in [0.15, 0.2) is 30.3 Å². The second-order valence-electron chi connectivity index (χ2n) is 7.44. The van der Waals surface area contributed by atoms with Crippen LogP contribution < -0.4 is 15.8 Å². The summed E-state index contributed by atoms with van der Waals surface area (Å²) in [4.78, 5) is 26.7. The molecule has 0 unspecified atom stereocenters. The maximum Gasteiger partial charge on any atom is 0.260 e. The van der Waals surface area contributed by atoms with Gasteiger partial charge >= 0.3 is 0 Å². The number of halogens is 1. The highest BCUT2D eigenvalue weighted by molar-refractivity contribution is 5.85. The van der Waals surface area contributed by atoms with Crippen molar-refractivity contribution in [1.29, 1.82) is 0 Å². The van der Waals surface area contributed by atoms with E-state index in [-0.39, 0.29) is 42.3 Å². The van der Waals surface area contributed by atoms with E-state index in [4.69, 9.17) is 10.5 Å². The molecule has 0 bridgehead atoms. The van der Waals surface area contributed by atoms with Crippen LogP contribution in [0.2, 0.25) is 0 Å². The van der Waals surface area contributed by atoms with Crippen LogP contribution in [0.4, 0.5) is 0 Å². The highest BCUT2D eigenvalue weighted by Gasteiger charge is 2.36. The summed E-state index contributed by atoms with van der Waals surface area (Å²) in [5.41, 5.74) is 5.71. The number of nitrogens with two attached hydrogens (primary N) is 1. The van der Waals surface area contributed by atoms with Gasteiger partial charge in [0.1, 0.15) is 5.75 Å². The molecule has 0 aromatic heterocycles. The molecule has 1 aliphatic carbocycles. The topological polar surface area (TPSA) is 84.7 Å². The van der Waals surface area contributed by atoms with Crippen molar-refractivity contribution < 1.29 is 14.3 Å². The third-order valence-corrected chi connectivity index (χ3v) is 5.66. The predicted molar refractivity (Wildman–Crippen MR) is 107 cm³/mol. The number of para-hydroxylation sites is 1. The highest BCUT2D eigenvalue weighted by atomic mass is 35.5. The molecule has 3 N–H and O–H groups in total. The van der Waals surface area contributed by atoms with E-state index in [1.165, 1.54) is 0 Å². The number of carbonyl (C=O) groups is 2. The average molecular weight is 396 g/mol. The smallest absolute Gasteiger partial charge is 0.260 e. The Labute approximate surface area is 167 Å². The Hall–Kier alpha value is -1.79. The number of rotatable bonds is 6. The fraction of sp³-hybridized carbons (Fsp3) is 0.600. The van der Waals surface area contributed by atoms with Crippen molar-refractivity contribution in [1.82, 2.24) is 10.2 Å². The van der Waals surface area contributed by atoms with E-state index in [9.17, 15) is 9.59 Å². The van der Waals surface area contributed by atoms with E-state index in [1.54, 1.807) is 4.90 Å². The maximum absolute atomic E-state index is 12.6. The molecule has 2 aliphatic rings. The fourth-order valence-corrected chi connectivity index (χ4v) is 3.94. The predicted octanol–water partition coefficient (Wildman–Crippen LogP) is 2.11. The first-order valence-corrected chi connectivity index (χ1v) is 9.60. The molecule has 0 radical (unpaired) electrons. The molecule has 0 atom stereocenters. The lowest BCUT2D eigenvalue weighted by atomic mass is 9.92. The normalized spacial score (nSPS) is 19.2. The summed E-state index contributed by atoms with van der Waals surface area (Å²) in [6, 6.07) is 9.33. The van der Waals surface area contributed by atoms with Gasteiger partial charge in [0.15, 0.2) is 6.61 Å². The van der Waals surface area contributed by atoms with E-state index >= 15 is 0 Å². The molecule has 27 heavy (non-hydrogen) atoms. The number of nitrogens with one attached hydrogen (secondary N) is 1. The minimum Gasteiger partial charge on any atom is -0.484 e. The number of amides is 2. The van der Waals surface area contributed by atoms with Gasteiger partial charge in [-0.3, -0.25) is 9.59 Å². The molecule has 1 saturated heterocycles. The molecular formula is C20H30ClN3O3. The summed E-state index contributed by atoms with van der Waals surface area (Å²) in [6.45, 7) is 1.75. The van der Waals surface area contributed by atoms with Crippen LogP contribution in [-0.2, 0) is 9.59 Å². The van der Waals surface area contributed by atoms with Crippen LogP contribution in [0.5, 0.6) is 5.75 Å².